The highest BCUT2D eigenvalue weighted by Gasteiger charge is 2.49. The Labute approximate surface area is 206 Å². The molecule has 37 heavy (non-hydrogen) atoms. The van der Waals surface area contributed by atoms with Crippen molar-refractivity contribution < 1.29 is 39.6 Å². The molecule has 1 saturated carbocycles. The fourth-order valence-corrected chi connectivity index (χ4v) is 4.95. The lowest BCUT2D eigenvalue weighted by atomic mass is 9.92. The third kappa shape index (κ3) is 5.28. The third-order valence-corrected chi connectivity index (χ3v) is 7.69. The van der Waals surface area contributed by atoms with E-state index < -0.39 is 44.3 Å². The van der Waals surface area contributed by atoms with Gasteiger partial charge in [-0.25, -0.2) is 13.4 Å². The number of fused-ring (bicyclic) bond motifs is 1. The highest BCUT2D eigenvalue weighted by molar-refractivity contribution is 7.89. The molecule has 0 aromatic carbocycles. The molecule has 1 aliphatic carbocycles. The average Bonchev–Trinajstić information content (AvgIpc) is 3.13. The molecule has 4 rings (SSSR count). The number of halogens is 6. The molecular formula is C22H21F6N5O3S. The van der Waals surface area contributed by atoms with Crippen LogP contribution in [0.15, 0.2) is 35.5 Å². The molecule has 0 aliphatic heterocycles. The summed E-state index contributed by atoms with van der Waals surface area (Å²) < 4.78 is 106. The minimum Gasteiger partial charge on any atom is -0.349 e. The Balaban J connectivity index is 1.76. The van der Waals surface area contributed by atoms with Crippen LogP contribution in [-0.4, -0.2) is 47.0 Å². The molecule has 1 fully saturated rings. The molecule has 3 aromatic heterocycles. The summed E-state index contributed by atoms with van der Waals surface area (Å²) in [4.78, 5) is 23.0. The summed E-state index contributed by atoms with van der Waals surface area (Å²) in [6.07, 6.45) is -5.88. The van der Waals surface area contributed by atoms with Crippen molar-refractivity contribution in [3.05, 3.63) is 41.7 Å². The largest absolute Gasteiger partial charge is 0.417 e. The van der Waals surface area contributed by atoms with E-state index in [1.54, 1.807) is 4.72 Å². The first-order valence-corrected chi connectivity index (χ1v) is 12.4. The van der Waals surface area contributed by atoms with Crippen LogP contribution < -0.4 is 10.0 Å². The second kappa shape index (κ2) is 8.97. The highest BCUT2D eigenvalue weighted by Crippen LogP contribution is 2.35. The lowest BCUT2D eigenvalue weighted by Crippen LogP contribution is -2.54. The van der Waals surface area contributed by atoms with Crippen molar-refractivity contribution in [2.75, 3.05) is 0 Å². The summed E-state index contributed by atoms with van der Waals surface area (Å²) >= 11 is 0. The minimum atomic E-state index is -4.87. The fourth-order valence-electron chi connectivity index (χ4n) is 3.60. The Morgan fingerprint density at radius 1 is 1.05 bits per heavy atom. The number of nitrogens with zero attached hydrogens (tertiary/aromatic N) is 2. The summed E-state index contributed by atoms with van der Waals surface area (Å²) in [5.41, 5.74) is -4.09. The number of carbonyl (C=O) groups is 1. The number of sulfonamides is 1. The van der Waals surface area contributed by atoms with Crippen LogP contribution in [0.4, 0.5) is 26.3 Å². The van der Waals surface area contributed by atoms with E-state index in [2.05, 4.69) is 20.3 Å². The van der Waals surface area contributed by atoms with Crippen LogP contribution >= 0.6 is 0 Å². The van der Waals surface area contributed by atoms with Crippen LogP contribution in [0.5, 0.6) is 0 Å². The molecule has 8 nitrogen and oxygen atoms in total. The van der Waals surface area contributed by atoms with Gasteiger partial charge in [0.25, 0.3) is 5.91 Å². The van der Waals surface area contributed by atoms with Gasteiger partial charge in [0.05, 0.1) is 22.5 Å². The zero-order chi connectivity index (χ0) is 27.4. The topological polar surface area (TPSA) is 117 Å². The van der Waals surface area contributed by atoms with Crippen molar-refractivity contribution in [2.24, 2.45) is 0 Å². The van der Waals surface area contributed by atoms with Crippen LogP contribution in [-0.2, 0) is 16.2 Å². The molecule has 1 aliphatic rings. The molecule has 3 heterocycles. The number of aromatic nitrogens is 3. The molecule has 0 saturated heterocycles. The van der Waals surface area contributed by atoms with Crippen molar-refractivity contribution in [3.63, 3.8) is 0 Å². The maximum absolute atomic E-state index is 13.3. The zero-order valence-electron chi connectivity index (χ0n) is 19.4. The lowest BCUT2D eigenvalue weighted by molar-refractivity contribution is -0.180. The van der Waals surface area contributed by atoms with Crippen LogP contribution in [0.1, 0.15) is 49.0 Å². The van der Waals surface area contributed by atoms with E-state index in [-0.39, 0.29) is 34.0 Å². The van der Waals surface area contributed by atoms with E-state index in [0.29, 0.717) is 32.9 Å². The highest BCUT2D eigenvalue weighted by atomic mass is 32.2. The Morgan fingerprint density at radius 2 is 1.73 bits per heavy atom. The van der Waals surface area contributed by atoms with E-state index in [4.69, 9.17) is 0 Å². The zero-order valence-corrected chi connectivity index (χ0v) is 20.2. The normalized spacial score (nSPS) is 15.6. The Hall–Kier alpha value is -3.20. The van der Waals surface area contributed by atoms with Crippen molar-refractivity contribution in [3.8, 4) is 11.4 Å². The number of H-pyrrole nitrogens is 1. The third-order valence-electron chi connectivity index (χ3n) is 6.05. The van der Waals surface area contributed by atoms with Gasteiger partial charge in [-0.3, -0.25) is 9.78 Å². The number of nitrogens with one attached hydrogen (secondary N) is 3. The quantitative estimate of drug-likeness (QED) is 0.391. The average molecular weight is 549 g/mol. The van der Waals surface area contributed by atoms with Crippen molar-refractivity contribution >= 4 is 27.0 Å². The molecule has 3 aromatic rings. The molecule has 1 amide bonds. The van der Waals surface area contributed by atoms with Gasteiger partial charge in [-0.1, -0.05) is 0 Å². The lowest BCUT2D eigenvalue weighted by Gasteiger charge is -2.28. The number of hydrogen-bond acceptors (Lipinski definition) is 5. The van der Waals surface area contributed by atoms with Crippen LogP contribution in [0.2, 0.25) is 0 Å². The summed E-state index contributed by atoms with van der Waals surface area (Å²) in [6.45, 7) is 1.32. The molecule has 0 spiro atoms. The van der Waals surface area contributed by atoms with Gasteiger partial charge in [-0.05, 0) is 51.3 Å². The second-order valence-electron chi connectivity index (χ2n) is 9.20. The number of hydrogen-bond donors (Lipinski definition) is 3. The minimum absolute atomic E-state index is 0.0221. The van der Waals surface area contributed by atoms with Crippen molar-refractivity contribution in [1.29, 1.82) is 0 Å². The van der Waals surface area contributed by atoms with Gasteiger partial charge < -0.3 is 10.3 Å². The Kier molecular flexibility index (Phi) is 6.51. The SMILES string of the molecule is CC(C)(NS(=O)(=O)c1ccc(-c2[nH]c3ncc(C(F)(F)F)cc3c2C(=O)NC2CCC2)nc1)C(F)(F)F. The van der Waals surface area contributed by atoms with Crippen molar-refractivity contribution in [2.45, 2.75) is 61.9 Å². The first-order chi connectivity index (χ1) is 17.0. The standard InChI is InChI=1S/C22H21F6N5O3S/c1-20(2,22(26,27)28)33-37(35,36)13-6-7-15(29-10-13)17-16(19(34)31-12-4-3-5-12)14-8-11(21(23,24)25)9-30-18(14)32-17/h6-10,12,33H,3-5H2,1-2H3,(H,30,32)(H,31,34). The monoisotopic (exact) mass is 549 g/mol. The summed E-state index contributed by atoms with van der Waals surface area (Å²) in [5.74, 6) is -0.667. The maximum atomic E-state index is 13.3. The molecular weight excluding hydrogens is 528 g/mol. The smallest absolute Gasteiger partial charge is 0.349 e. The van der Waals surface area contributed by atoms with Gasteiger partial charge in [-0.2, -0.15) is 31.1 Å². The molecule has 200 valence electrons. The summed E-state index contributed by atoms with van der Waals surface area (Å²) in [7, 11) is -4.64. The van der Waals surface area contributed by atoms with Gasteiger partial charge in [0, 0.05) is 23.8 Å². The maximum Gasteiger partial charge on any atom is 0.417 e. The van der Waals surface area contributed by atoms with Gasteiger partial charge in [0.2, 0.25) is 10.0 Å². The number of amides is 1. The second-order valence-corrected chi connectivity index (χ2v) is 10.9. The van der Waals surface area contributed by atoms with Crippen molar-refractivity contribution in [1.82, 2.24) is 25.0 Å². The first kappa shape index (κ1) is 26.9. The van der Waals surface area contributed by atoms with Crippen LogP contribution in [0.3, 0.4) is 0 Å². The predicted octanol–water partition coefficient (Wildman–Crippen LogP) is 4.55. The summed E-state index contributed by atoms with van der Waals surface area (Å²) in [5, 5.41) is 2.63. The molecule has 0 radical (unpaired) electrons. The molecule has 0 unspecified atom stereocenters. The first-order valence-electron chi connectivity index (χ1n) is 11.0. The van der Waals surface area contributed by atoms with E-state index in [9.17, 15) is 39.6 Å². The molecule has 0 bridgehead atoms. The fraction of sp³-hybridized carbons (Fsp3) is 0.409. The molecule has 3 N–H and O–H groups in total. The number of alkyl halides is 6. The van der Waals surface area contributed by atoms with Gasteiger partial charge >= 0.3 is 12.4 Å². The molecule has 0 atom stereocenters. The van der Waals surface area contributed by atoms with Gasteiger partial charge in [-0.15, -0.1) is 0 Å². The van der Waals surface area contributed by atoms with Gasteiger partial charge in [0.1, 0.15) is 16.1 Å². The predicted molar refractivity (Wildman–Crippen MR) is 120 cm³/mol. The Bertz CT molecular complexity index is 1440. The van der Waals surface area contributed by atoms with Crippen LogP contribution in [0.25, 0.3) is 22.4 Å². The van der Waals surface area contributed by atoms with E-state index >= 15 is 0 Å². The molecule has 15 heteroatoms. The van der Waals surface area contributed by atoms with E-state index in [0.717, 1.165) is 30.8 Å². The van der Waals surface area contributed by atoms with E-state index in [1.165, 1.54) is 0 Å². The Morgan fingerprint density at radius 3 is 2.24 bits per heavy atom. The number of rotatable bonds is 6. The number of aromatic amines is 1. The summed E-state index contributed by atoms with van der Waals surface area (Å²) in [6, 6.07) is 2.74. The van der Waals surface area contributed by atoms with E-state index in [1.807, 2.05) is 0 Å². The van der Waals surface area contributed by atoms with Crippen LogP contribution in [0, 0.1) is 0 Å². The number of pyridine rings is 2. The number of carbonyl (C=O) groups excluding carboxylic acids is 1. The van der Waals surface area contributed by atoms with Gasteiger partial charge in [0.15, 0.2) is 0 Å².